The Kier molecular flexibility index (Phi) is 6.80. The number of anilines is 2. The smallest absolute Gasteiger partial charge is 0.323 e. The van der Waals surface area contributed by atoms with E-state index < -0.39 is 34.8 Å². The van der Waals surface area contributed by atoms with Gasteiger partial charge < -0.3 is 20.7 Å². The van der Waals surface area contributed by atoms with Crippen molar-refractivity contribution in [3.8, 4) is 0 Å². The SMILES string of the molecule is O=C(Nc1cccc(F)c1)Nc1cc(F)c(F)c(C(=O)c2cc3cc(C4CNCCO4)cnc3cn2)c1. The van der Waals surface area contributed by atoms with Gasteiger partial charge in [0.25, 0.3) is 0 Å². The van der Waals surface area contributed by atoms with Gasteiger partial charge >= 0.3 is 6.03 Å². The number of rotatable bonds is 5. The second kappa shape index (κ2) is 10.3. The lowest BCUT2D eigenvalue weighted by molar-refractivity contribution is 0.0276. The van der Waals surface area contributed by atoms with Crippen molar-refractivity contribution in [1.82, 2.24) is 15.3 Å². The summed E-state index contributed by atoms with van der Waals surface area (Å²) < 4.78 is 48.1. The lowest BCUT2D eigenvalue weighted by Gasteiger charge is -2.23. The summed E-state index contributed by atoms with van der Waals surface area (Å²) in [6, 6.07) is 9.30. The molecule has 3 N–H and O–H groups in total. The lowest BCUT2D eigenvalue weighted by atomic mass is 10.0. The normalized spacial score (nSPS) is 15.4. The number of nitrogens with one attached hydrogen (secondary N) is 3. The van der Waals surface area contributed by atoms with Crippen LogP contribution in [-0.2, 0) is 4.74 Å². The average molecular weight is 507 g/mol. The number of halogens is 3. The molecule has 3 heterocycles. The van der Waals surface area contributed by atoms with E-state index in [-0.39, 0.29) is 23.2 Å². The second-order valence-electron chi connectivity index (χ2n) is 8.33. The van der Waals surface area contributed by atoms with Gasteiger partial charge in [-0.25, -0.2) is 18.0 Å². The highest BCUT2D eigenvalue weighted by atomic mass is 19.2. The first-order valence-corrected chi connectivity index (χ1v) is 11.3. The van der Waals surface area contributed by atoms with Gasteiger partial charge in [-0.3, -0.25) is 14.8 Å². The standard InChI is InChI=1S/C26H20F3N5O3/c27-16-2-1-3-17(8-16)33-26(36)34-18-9-19(24(29)20(28)10-18)25(35)21-7-14-6-15(11-31-22(14)12-32-21)23-13-30-4-5-37-23/h1-3,6-12,23,30H,4-5,13H2,(H2,33,34,36). The van der Waals surface area contributed by atoms with Gasteiger partial charge in [0.15, 0.2) is 11.6 Å². The van der Waals surface area contributed by atoms with Crippen molar-refractivity contribution >= 4 is 34.1 Å². The van der Waals surface area contributed by atoms with E-state index in [1.807, 2.05) is 6.07 Å². The Hall–Kier alpha value is -4.35. The quantitative estimate of drug-likeness (QED) is 0.342. The molecule has 37 heavy (non-hydrogen) atoms. The Labute approximate surface area is 208 Å². The summed E-state index contributed by atoms with van der Waals surface area (Å²) in [5, 5.41) is 8.50. The number of nitrogens with zero attached hydrogens (tertiary/aromatic N) is 2. The molecule has 0 spiro atoms. The fourth-order valence-corrected chi connectivity index (χ4v) is 3.95. The van der Waals surface area contributed by atoms with Crippen molar-refractivity contribution in [2.75, 3.05) is 30.3 Å². The first-order valence-electron chi connectivity index (χ1n) is 11.3. The van der Waals surface area contributed by atoms with Crippen molar-refractivity contribution < 1.29 is 27.5 Å². The molecule has 11 heteroatoms. The van der Waals surface area contributed by atoms with Crippen LogP contribution >= 0.6 is 0 Å². The molecule has 1 fully saturated rings. The number of carbonyl (C=O) groups is 2. The Morgan fingerprint density at radius 1 is 0.973 bits per heavy atom. The van der Waals surface area contributed by atoms with Gasteiger partial charge in [-0.15, -0.1) is 0 Å². The molecule has 2 aromatic carbocycles. The van der Waals surface area contributed by atoms with E-state index in [0.717, 1.165) is 30.3 Å². The van der Waals surface area contributed by atoms with Crippen LogP contribution in [0.15, 0.2) is 60.9 Å². The molecular weight excluding hydrogens is 487 g/mol. The fraction of sp³-hybridized carbons (Fsp3) is 0.154. The first kappa shape index (κ1) is 24.3. The van der Waals surface area contributed by atoms with Gasteiger partial charge in [-0.1, -0.05) is 6.07 Å². The summed E-state index contributed by atoms with van der Waals surface area (Å²) in [4.78, 5) is 33.8. The van der Waals surface area contributed by atoms with Crippen LogP contribution in [0.1, 0.15) is 27.7 Å². The van der Waals surface area contributed by atoms with E-state index in [4.69, 9.17) is 4.74 Å². The maximum Gasteiger partial charge on any atom is 0.323 e. The van der Waals surface area contributed by atoms with Gasteiger partial charge in [-0.2, -0.15) is 0 Å². The van der Waals surface area contributed by atoms with Crippen molar-refractivity contribution in [3.63, 3.8) is 0 Å². The zero-order chi connectivity index (χ0) is 25.9. The molecule has 1 aliphatic heterocycles. The maximum absolute atomic E-state index is 14.6. The molecule has 0 bridgehead atoms. The van der Waals surface area contributed by atoms with Crippen molar-refractivity contribution in [3.05, 3.63) is 95.2 Å². The first-order chi connectivity index (χ1) is 17.9. The van der Waals surface area contributed by atoms with Crippen molar-refractivity contribution in [1.29, 1.82) is 0 Å². The number of hydrogen-bond acceptors (Lipinski definition) is 6. The number of fused-ring (bicyclic) bond motifs is 1. The molecule has 0 aliphatic carbocycles. The summed E-state index contributed by atoms with van der Waals surface area (Å²) in [7, 11) is 0. The fourth-order valence-electron chi connectivity index (χ4n) is 3.95. The van der Waals surface area contributed by atoms with E-state index in [9.17, 15) is 22.8 Å². The minimum atomic E-state index is -1.38. The van der Waals surface area contributed by atoms with Crippen LogP contribution in [0.3, 0.4) is 0 Å². The summed E-state index contributed by atoms with van der Waals surface area (Å²) >= 11 is 0. The topological polar surface area (TPSA) is 105 Å². The Balaban J connectivity index is 1.40. The van der Waals surface area contributed by atoms with Crippen LogP contribution in [0.4, 0.5) is 29.3 Å². The van der Waals surface area contributed by atoms with Crippen LogP contribution in [0.2, 0.25) is 0 Å². The zero-order valence-corrected chi connectivity index (χ0v) is 19.2. The van der Waals surface area contributed by atoms with Gasteiger partial charge in [0, 0.05) is 47.7 Å². The van der Waals surface area contributed by atoms with Gasteiger partial charge in [0.05, 0.1) is 30.0 Å². The minimum Gasteiger partial charge on any atom is -0.371 e. The number of carbonyl (C=O) groups excluding carboxylic acids is 2. The number of morpholine rings is 1. The molecule has 1 aliphatic rings. The Bertz CT molecular complexity index is 1510. The van der Waals surface area contributed by atoms with Crippen LogP contribution in [-0.4, -0.2) is 41.5 Å². The summed E-state index contributed by atoms with van der Waals surface area (Å²) in [5.74, 6) is -4.16. The van der Waals surface area contributed by atoms with Gasteiger partial charge in [0.1, 0.15) is 11.5 Å². The Morgan fingerprint density at radius 2 is 1.81 bits per heavy atom. The molecule has 0 saturated carbocycles. The van der Waals surface area contributed by atoms with E-state index in [1.54, 1.807) is 6.20 Å². The number of ether oxygens (including phenoxy) is 1. The van der Waals surface area contributed by atoms with Crippen molar-refractivity contribution in [2.24, 2.45) is 0 Å². The summed E-state index contributed by atoms with van der Waals surface area (Å²) in [5.41, 5.74) is 0.546. The molecule has 1 saturated heterocycles. The molecule has 0 radical (unpaired) electrons. The average Bonchev–Trinajstić information content (AvgIpc) is 2.90. The largest absolute Gasteiger partial charge is 0.371 e. The van der Waals surface area contributed by atoms with Crippen LogP contribution in [0.5, 0.6) is 0 Å². The molecular formula is C26H20F3N5O3. The zero-order valence-electron chi connectivity index (χ0n) is 19.2. The number of pyridine rings is 2. The predicted molar refractivity (Wildman–Crippen MR) is 130 cm³/mol. The summed E-state index contributed by atoms with van der Waals surface area (Å²) in [6.07, 6.45) is 2.84. The maximum atomic E-state index is 14.6. The Morgan fingerprint density at radius 3 is 2.59 bits per heavy atom. The number of hydrogen-bond donors (Lipinski definition) is 3. The van der Waals surface area contributed by atoms with Crippen LogP contribution in [0.25, 0.3) is 10.9 Å². The molecule has 4 aromatic rings. The highest BCUT2D eigenvalue weighted by Gasteiger charge is 2.22. The van der Waals surface area contributed by atoms with Crippen LogP contribution < -0.4 is 16.0 Å². The van der Waals surface area contributed by atoms with Crippen LogP contribution in [0, 0.1) is 17.5 Å². The second-order valence-corrected chi connectivity index (χ2v) is 8.33. The summed E-state index contributed by atoms with van der Waals surface area (Å²) in [6.45, 7) is 1.92. The number of ketones is 1. The minimum absolute atomic E-state index is 0.131. The molecule has 188 valence electrons. The monoisotopic (exact) mass is 507 g/mol. The molecule has 2 amide bonds. The van der Waals surface area contributed by atoms with Gasteiger partial charge in [0.2, 0.25) is 5.78 Å². The molecule has 1 atom stereocenters. The predicted octanol–water partition coefficient (Wildman–Crippen LogP) is 4.58. The number of amides is 2. The third-order valence-corrected chi connectivity index (χ3v) is 5.73. The van der Waals surface area contributed by atoms with E-state index in [1.165, 1.54) is 30.5 Å². The highest BCUT2D eigenvalue weighted by molar-refractivity contribution is 6.10. The third kappa shape index (κ3) is 5.42. The highest BCUT2D eigenvalue weighted by Crippen LogP contribution is 2.25. The number of benzene rings is 2. The lowest BCUT2D eigenvalue weighted by Crippen LogP contribution is -2.33. The molecule has 2 aromatic heterocycles. The van der Waals surface area contributed by atoms with Gasteiger partial charge in [-0.05, 0) is 36.4 Å². The molecule has 1 unspecified atom stereocenters. The molecule has 5 rings (SSSR count). The number of aromatic nitrogens is 2. The van der Waals surface area contributed by atoms with E-state index in [0.29, 0.717) is 24.1 Å². The van der Waals surface area contributed by atoms with Crippen molar-refractivity contribution in [2.45, 2.75) is 6.10 Å². The molecule has 8 nitrogen and oxygen atoms in total. The van der Waals surface area contributed by atoms with E-state index >= 15 is 0 Å². The number of urea groups is 1. The third-order valence-electron chi connectivity index (χ3n) is 5.73. The van der Waals surface area contributed by atoms with E-state index in [2.05, 4.69) is 25.9 Å².